The minimum Gasteiger partial charge on any atom is -0.346 e. The lowest BCUT2D eigenvalue weighted by atomic mass is 10.0. The Morgan fingerprint density at radius 2 is 1.72 bits per heavy atom. The molecule has 1 atom stereocenters. The van der Waals surface area contributed by atoms with Crippen molar-refractivity contribution in [2.24, 2.45) is 0 Å². The molecule has 0 fully saturated rings. The van der Waals surface area contributed by atoms with E-state index in [1.54, 1.807) is 0 Å². The summed E-state index contributed by atoms with van der Waals surface area (Å²) in [6.07, 6.45) is 4.56. The van der Waals surface area contributed by atoms with Gasteiger partial charge in [0, 0.05) is 16.5 Å². The predicted octanol–water partition coefficient (Wildman–Crippen LogP) is 4.41. The summed E-state index contributed by atoms with van der Waals surface area (Å²) in [4.78, 5) is 2.31. The molecular weight excluding hydrogens is 376 g/mol. The highest BCUT2D eigenvalue weighted by Crippen LogP contribution is 2.35. The molecule has 25 heavy (non-hydrogen) atoms. The lowest BCUT2D eigenvalue weighted by molar-refractivity contribution is -0.658. The van der Waals surface area contributed by atoms with E-state index in [1.807, 2.05) is 24.3 Å². The van der Waals surface area contributed by atoms with E-state index >= 15 is 0 Å². The topological polar surface area (TPSA) is 26.5 Å². The van der Waals surface area contributed by atoms with Crippen molar-refractivity contribution in [2.75, 3.05) is 18.0 Å². The maximum Gasteiger partial charge on any atom is 0.271 e. The van der Waals surface area contributed by atoms with Gasteiger partial charge in [-0.15, -0.1) is 0 Å². The summed E-state index contributed by atoms with van der Waals surface area (Å²) < 4.78 is 3.27. The van der Waals surface area contributed by atoms with Crippen LogP contribution in [0.3, 0.4) is 0 Å². The van der Waals surface area contributed by atoms with Crippen LogP contribution in [0.25, 0.3) is 0 Å². The maximum atomic E-state index is 11.7. The Morgan fingerprint density at radius 1 is 1.00 bits per heavy atom. The molecule has 0 saturated carbocycles. The Morgan fingerprint density at radius 3 is 2.44 bits per heavy atom. The van der Waals surface area contributed by atoms with E-state index in [-0.39, 0.29) is 0 Å². The highest BCUT2D eigenvalue weighted by atomic mass is 79.9. The Balaban J connectivity index is 1.79. The molecule has 3 nitrogen and oxygen atoms in total. The lowest BCUT2D eigenvalue weighted by Gasteiger charge is -2.23. The van der Waals surface area contributed by atoms with Crippen molar-refractivity contribution in [2.45, 2.75) is 38.3 Å². The molecule has 0 amide bonds. The summed E-state index contributed by atoms with van der Waals surface area (Å²) in [5.41, 5.74) is 2.42. The van der Waals surface area contributed by atoms with Crippen molar-refractivity contribution in [3.8, 4) is 0 Å². The van der Waals surface area contributed by atoms with Crippen LogP contribution in [0.15, 0.2) is 53.0 Å². The summed E-state index contributed by atoms with van der Waals surface area (Å²) in [6, 6.07) is 16.7. The Labute approximate surface area is 157 Å². The quantitative estimate of drug-likeness (QED) is 0.756. The number of anilines is 1. The molecule has 130 valence electrons. The molecule has 0 aliphatic carbocycles. The smallest absolute Gasteiger partial charge is 0.271 e. The molecule has 2 heterocycles. The molecule has 1 N–H and O–H groups in total. The molecular formula is C21H24BrN2O+. The van der Waals surface area contributed by atoms with E-state index in [1.165, 1.54) is 29.9 Å². The van der Waals surface area contributed by atoms with Gasteiger partial charge in [0.1, 0.15) is 5.69 Å². The monoisotopic (exact) mass is 399 g/mol. The molecule has 2 aliphatic rings. The number of benzene rings is 2. The third kappa shape index (κ3) is 3.02. The van der Waals surface area contributed by atoms with E-state index in [4.69, 9.17) is 0 Å². The number of amidine groups is 1. The van der Waals surface area contributed by atoms with Gasteiger partial charge < -0.3 is 5.11 Å². The van der Waals surface area contributed by atoms with Gasteiger partial charge in [0.05, 0.1) is 6.54 Å². The molecule has 0 radical (unpaired) electrons. The molecule has 2 aromatic rings. The first-order valence-corrected chi connectivity index (χ1v) is 9.83. The van der Waals surface area contributed by atoms with Gasteiger partial charge in [-0.3, -0.25) is 0 Å². The van der Waals surface area contributed by atoms with Crippen LogP contribution in [0.1, 0.15) is 36.8 Å². The van der Waals surface area contributed by atoms with Crippen molar-refractivity contribution in [3.63, 3.8) is 0 Å². The van der Waals surface area contributed by atoms with Gasteiger partial charge >= 0.3 is 0 Å². The van der Waals surface area contributed by atoms with E-state index in [0.29, 0.717) is 6.54 Å². The number of hydrogen-bond acceptors (Lipinski definition) is 2. The maximum absolute atomic E-state index is 11.7. The van der Waals surface area contributed by atoms with Gasteiger partial charge in [-0.1, -0.05) is 45.8 Å². The third-order valence-corrected chi connectivity index (χ3v) is 5.91. The highest BCUT2D eigenvalue weighted by Gasteiger charge is 2.51. The third-order valence-electron chi connectivity index (χ3n) is 5.38. The molecule has 0 bridgehead atoms. The fourth-order valence-electron chi connectivity index (χ4n) is 4.00. The molecule has 2 aromatic carbocycles. The molecule has 0 spiro atoms. The number of halogens is 1. The molecule has 0 saturated heterocycles. The van der Waals surface area contributed by atoms with Gasteiger partial charge in [-0.05, 0) is 50.5 Å². The van der Waals surface area contributed by atoms with Crippen molar-refractivity contribution in [1.82, 2.24) is 0 Å². The molecule has 1 unspecified atom stereocenters. The fraction of sp³-hybridized carbons (Fsp3) is 0.381. The van der Waals surface area contributed by atoms with E-state index in [2.05, 4.69) is 56.6 Å². The Kier molecular flexibility index (Phi) is 4.42. The normalized spacial score (nSPS) is 23.6. The number of nitrogens with zero attached hydrogens (tertiary/aromatic N) is 2. The van der Waals surface area contributed by atoms with E-state index in [0.717, 1.165) is 29.4 Å². The van der Waals surface area contributed by atoms with Crippen LogP contribution >= 0.6 is 15.9 Å². The van der Waals surface area contributed by atoms with Crippen molar-refractivity contribution < 1.29 is 9.68 Å². The summed E-state index contributed by atoms with van der Waals surface area (Å²) >= 11 is 3.50. The average molecular weight is 400 g/mol. The Bertz CT molecular complexity index is 798. The zero-order chi connectivity index (χ0) is 17.4. The van der Waals surface area contributed by atoms with Crippen molar-refractivity contribution >= 4 is 27.5 Å². The van der Waals surface area contributed by atoms with Crippen LogP contribution in [-0.2, 0) is 5.72 Å². The largest absolute Gasteiger partial charge is 0.346 e. The van der Waals surface area contributed by atoms with Gasteiger partial charge in [0.2, 0.25) is 0 Å². The summed E-state index contributed by atoms with van der Waals surface area (Å²) in [5, 5.41) is 11.7. The SMILES string of the molecule is Cc1ccc(N2CC(O)(c3ccc(Br)cc3)[N+]3=C2CCCCC3)cc1. The average Bonchev–Trinajstić information content (AvgIpc) is 2.78. The number of aliphatic hydroxyl groups is 1. The highest BCUT2D eigenvalue weighted by molar-refractivity contribution is 9.10. The standard InChI is InChI=1S/C21H24BrN2O/c1-16-6-12-19(13-7-16)23-15-21(25,17-8-10-18(22)11-9-17)24-14-4-2-3-5-20(23)24/h6-13,25H,2-5,14-15H2,1H3/q+1. The number of hydrogen-bond donors (Lipinski definition) is 1. The molecule has 2 aliphatic heterocycles. The number of rotatable bonds is 2. The first kappa shape index (κ1) is 16.8. The second-order valence-corrected chi connectivity index (χ2v) is 8.04. The minimum absolute atomic E-state index is 0.576. The van der Waals surface area contributed by atoms with Gasteiger partial charge in [0.15, 0.2) is 6.54 Å². The van der Waals surface area contributed by atoms with Crippen LogP contribution < -0.4 is 4.90 Å². The zero-order valence-corrected chi connectivity index (χ0v) is 16.2. The Hall–Kier alpha value is -1.65. The van der Waals surface area contributed by atoms with Crippen molar-refractivity contribution in [3.05, 3.63) is 64.1 Å². The first-order chi connectivity index (χ1) is 12.1. The van der Waals surface area contributed by atoms with Crippen LogP contribution in [0.5, 0.6) is 0 Å². The van der Waals surface area contributed by atoms with Crippen LogP contribution in [-0.4, -0.2) is 28.6 Å². The summed E-state index contributed by atoms with van der Waals surface area (Å²) in [7, 11) is 0. The van der Waals surface area contributed by atoms with E-state index in [9.17, 15) is 5.11 Å². The first-order valence-electron chi connectivity index (χ1n) is 9.04. The summed E-state index contributed by atoms with van der Waals surface area (Å²) in [6.45, 7) is 3.59. The van der Waals surface area contributed by atoms with Gasteiger partial charge in [0.25, 0.3) is 11.6 Å². The second kappa shape index (κ2) is 6.58. The van der Waals surface area contributed by atoms with Gasteiger partial charge in [-0.25, -0.2) is 9.48 Å². The summed E-state index contributed by atoms with van der Waals surface area (Å²) in [5.74, 6) is 1.26. The lowest BCUT2D eigenvalue weighted by Crippen LogP contribution is -2.41. The van der Waals surface area contributed by atoms with Gasteiger partial charge in [-0.2, -0.15) is 0 Å². The molecule has 4 rings (SSSR count). The fourth-order valence-corrected chi connectivity index (χ4v) is 4.26. The predicted molar refractivity (Wildman–Crippen MR) is 105 cm³/mol. The van der Waals surface area contributed by atoms with Crippen LogP contribution in [0.4, 0.5) is 5.69 Å². The molecule has 4 heteroatoms. The second-order valence-electron chi connectivity index (χ2n) is 7.12. The number of β-amino-alcohol motifs (C(OH)–C–C–N with tert-alkyl or cyclic N) is 1. The van der Waals surface area contributed by atoms with E-state index < -0.39 is 5.72 Å². The zero-order valence-electron chi connectivity index (χ0n) is 14.6. The van der Waals surface area contributed by atoms with Crippen LogP contribution in [0.2, 0.25) is 0 Å². The minimum atomic E-state index is -0.967. The van der Waals surface area contributed by atoms with Crippen LogP contribution in [0, 0.1) is 6.92 Å². The molecule has 0 aromatic heterocycles. The number of aryl methyl sites for hydroxylation is 1. The van der Waals surface area contributed by atoms with Crippen molar-refractivity contribution in [1.29, 1.82) is 0 Å².